The Balaban J connectivity index is 1.43. The van der Waals surface area contributed by atoms with Crippen molar-refractivity contribution >= 4 is 73.0 Å². The first-order valence-electron chi connectivity index (χ1n) is 11.2. The van der Waals surface area contributed by atoms with Gasteiger partial charge in [0.25, 0.3) is 11.5 Å². The highest BCUT2D eigenvalue weighted by Crippen LogP contribution is 2.35. The van der Waals surface area contributed by atoms with Gasteiger partial charge in [0.15, 0.2) is 5.16 Å². The average Bonchev–Trinajstić information content (AvgIpc) is 3.24. The van der Waals surface area contributed by atoms with Crippen molar-refractivity contribution in [2.24, 2.45) is 5.10 Å². The molecule has 0 fully saturated rings. The number of benzene rings is 2. The molecule has 7 nitrogen and oxygen atoms in total. The maximum atomic E-state index is 13.7. The number of rotatable bonds is 6. The Kier molecular flexibility index (Phi) is 7.47. The molecule has 0 radical (unpaired) electrons. The summed E-state index contributed by atoms with van der Waals surface area (Å²) in [5.41, 5.74) is 4.54. The van der Waals surface area contributed by atoms with Gasteiger partial charge in [-0.25, -0.2) is 10.4 Å². The summed E-state index contributed by atoms with van der Waals surface area (Å²) in [6, 6.07) is 11.9. The second-order valence-corrected chi connectivity index (χ2v) is 11.6. The van der Waals surface area contributed by atoms with Crippen molar-refractivity contribution in [1.29, 1.82) is 0 Å². The number of aryl methyl sites for hydroxylation is 2. The van der Waals surface area contributed by atoms with Gasteiger partial charge in [0, 0.05) is 19.9 Å². The molecule has 0 atom stereocenters. The molecule has 0 spiro atoms. The summed E-state index contributed by atoms with van der Waals surface area (Å²) in [4.78, 5) is 33.0. The molecule has 184 valence electrons. The number of thiophene rings is 1. The van der Waals surface area contributed by atoms with E-state index in [9.17, 15) is 14.7 Å². The highest BCUT2D eigenvalue weighted by molar-refractivity contribution is 9.10. The van der Waals surface area contributed by atoms with Gasteiger partial charge in [-0.1, -0.05) is 39.3 Å². The fourth-order valence-electron chi connectivity index (χ4n) is 4.07. The number of nitrogens with one attached hydrogen (secondary N) is 1. The number of carbonyl (C=O) groups is 1. The maximum absolute atomic E-state index is 13.7. The number of aromatic nitrogens is 2. The molecule has 0 aliphatic heterocycles. The highest BCUT2D eigenvalue weighted by atomic mass is 79.9. The Morgan fingerprint density at radius 2 is 2.03 bits per heavy atom. The molecule has 1 amide bonds. The van der Waals surface area contributed by atoms with Crippen LogP contribution in [0, 0.1) is 0 Å². The minimum Gasteiger partial charge on any atom is -0.507 e. The van der Waals surface area contributed by atoms with E-state index in [1.54, 1.807) is 52.3 Å². The van der Waals surface area contributed by atoms with Crippen LogP contribution in [-0.4, -0.2) is 32.5 Å². The van der Waals surface area contributed by atoms with E-state index in [0.29, 0.717) is 31.6 Å². The number of phenols is 1. The van der Waals surface area contributed by atoms with Gasteiger partial charge >= 0.3 is 0 Å². The fourth-order valence-corrected chi connectivity index (χ4v) is 6.68. The fraction of sp³-hybridized carbons (Fsp3) is 0.200. The Morgan fingerprint density at radius 1 is 1.25 bits per heavy atom. The zero-order valence-corrected chi connectivity index (χ0v) is 22.8. The number of hydrogen-bond donors (Lipinski definition) is 2. The predicted molar refractivity (Wildman–Crippen MR) is 149 cm³/mol. The van der Waals surface area contributed by atoms with Crippen LogP contribution in [-0.2, 0) is 17.6 Å². The number of hydrazone groups is 1. The number of nitrogens with zero attached hydrogens (tertiary/aromatic N) is 3. The van der Waals surface area contributed by atoms with Crippen LogP contribution in [0.2, 0.25) is 5.02 Å². The summed E-state index contributed by atoms with van der Waals surface area (Å²) in [5, 5.41) is 15.5. The molecule has 2 N–H and O–H groups in total. The van der Waals surface area contributed by atoms with Crippen molar-refractivity contribution in [3.8, 4) is 11.4 Å². The van der Waals surface area contributed by atoms with E-state index in [1.807, 2.05) is 0 Å². The first-order chi connectivity index (χ1) is 17.4. The van der Waals surface area contributed by atoms with E-state index >= 15 is 0 Å². The second kappa shape index (κ2) is 10.8. The van der Waals surface area contributed by atoms with Crippen molar-refractivity contribution in [2.75, 3.05) is 5.75 Å². The number of carbonyl (C=O) groups excluding carboxylic acids is 1. The summed E-state index contributed by atoms with van der Waals surface area (Å²) in [6.45, 7) is 0. The number of thioether (sulfide) groups is 1. The van der Waals surface area contributed by atoms with Gasteiger partial charge < -0.3 is 5.11 Å². The smallest absolute Gasteiger partial charge is 0.267 e. The lowest BCUT2D eigenvalue weighted by atomic mass is 9.97. The number of aromatic hydroxyl groups is 1. The third kappa shape index (κ3) is 5.22. The number of amides is 1. The minimum absolute atomic E-state index is 0.00156. The van der Waals surface area contributed by atoms with Crippen molar-refractivity contribution in [2.45, 2.75) is 30.8 Å². The summed E-state index contributed by atoms with van der Waals surface area (Å²) in [6.07, 6.45) is 5.40. The summed E-state index contributed by atoms with van der Waals surface area (Å²) >= 11 is 12.1. The van der Waals surface area contributed by atoms with Crippen LogP contribution in [0.25, 0.3) is 15.9 Å². The number of halogens is 2. The van der Waals surface area contributed by atoms with E-state index in [0.717, 1.165) is 47.5 Å². The Morgan fingerprint density at radius 3 is 2.83 bits per heavy atom. The lowest BCUT2D eigenvalue weighted by Gasteiger charge is -2.13. The summed E-state index contributed by atoms with van der Waals surface area (Å²) < 4.78 is 2.33. The largest absolute Gasteiger partial charge is 0.507 e. The zero-order valence-electron chi connectivity index (χ0n) is 18.8. The average molecular weight is 604 g/mol. The lowest BCUT2D eigenvalue weighted by molar-refractivity contribution is -0.118. The first-order valence-corrected chi connectivity index (χ1v) is 14.1. The van der Waals surface area contributed by atoms with Gasteiger partial charge in [-0.2, -0.15) is 5.10 Å². The molecule has 1 aliphatic carbocycles. The van der Waals surface area contributed by atoms with Crippen LogP contribution in [0.4, 0.5) is 0 Å². The zero-order chi connectivity index (χ0) is 25.2. The van der Waals surface area contributed by atoms with Crippen LogP contribution < -0.4 is 11.0 Å². The van der Waals surface area contributed by atoms with Crippen LogP contribution in [0.15, 0.2) is 62.0 Å². The Labute approximate surface area is 228 Å². The molecule has 0 bridgehead atoms. The number of fused-ring (bicyclic) bond motifs is 3. The number of hydrogen-bond acceptors (Lipinski definition) is 7. The molecule has 2 heterocycles. The monoisotopic (exact) mass is 602 g/mol. The lowest BCUT2D eigenvalue weighted by Crippen LogP contribution is -2.24. The topological polar surface area (TPSA) is 96.6 Å². The SMILES string of the molecule is O=C(CSc1nc2sc3c(c2c(=O)n1-c1ccc(Cl)cc1)CCCC3)NN=Cc1cc(Br)ccc1O. The summed E-state index contributed by atoms with van der Waals surface area (Å²) in [7, 11) is 0. The van der Waals surface area contributed by atoms with Crippen molar-refractivity contribution in [3.63, 3.8) is 0 Å². The molecule has 1 aliphatic rings. The van der Waals surface area contributed by atoms with E-state index in [4.69, 9.17) is 16.6 Å². The quantitative estimate of drug-likeness (QED) is 0.128. The van der Waals surface area contributed by atoms with E-state index in [-0.39, 0.29) is 23.0 Å². The molecular weight excluding hydrogens is 584 g/mol. The third-order valence-electron chi connectivity index (χ3n) is 5.76. The van der Waals surface area contributed by atoms with Gasteiger partial charge in [0.2, 0.25) is 0 Å². The van der Waals surface area contributed by atoms with E-state index in [2.05, 4.69) is 26.5 Å². The highest BCUT2D eigenvalue weighted by Gasteiger charge is 2.23. The second-order valence-electron chi connectivity index (χ2n) is 8.19. The first kappa shape index (κ1) is 25.0. The van der Waals surface area contributed by atoms with Crippen molar-refractivity contribution in [1.82, 2.24) is 15.0 Å². The minimum atomic E-state index is -0.367. The van der Waals surface area contributed by atoms with Crippen molar-refractivity contribution < 1.29 is 9.90 Å². The Hall–Kier alpha value is -2.66. The molecule has 5 rings (SSSR count). The van der Waals surface area contributed by atoms with Crippen LogP contribution in [0.1, 0.15) is 28.8 Å². The molecule has 0 saturated carbocycles. The van der Waals surface area contributed by atoms with Crippen LogP contribution in [0.3, 0.4) is 0 Å². The van der Waals surface area contributed by atoms with Gasteiger partial charge in [0.05, 0.1) is 23.0 Å². The van der Waals surface area contributed by atoms with E-state index < -0.39 is 0 Å². The molecule has 2 aromatic carbocycles. The molecule has 2 aromatic heterocycles. The van der Waals surface area contributed by atoms with E-state index in [1.165, 1.54) is 17.2 Å². The van der Waals surface area contributed by atoms with Gasteiger partial charge in [-0.3, -0.25) is 14.2 Å². The molecule has 11 heteroatoms. The van der Waals surface area contributed by atoms with Crippen LogP contribution in [0.5, 0.6) is 5.75 Å². The molecular formula is C25H20BrClN4O3S2. The third-order valence-corrected chi connectivity index (χ3v) is 8.63. The van der Waals surface area contributed by atoms with Crippen molar-refractivity contribution in [3.05, 3.63) is 78.3 Å². The Bertz CT molecular complexity index is 1550. The van der Waals surface area contributed by atoms with Gasteiger partial charge in [-0.15, -0.1) is 11.3 Å². The maximum Gasteiger partial charge on any atom is 0.267 e. The van der Waals surface area contributed by atoms with Gasteiger partial charge in [0.1, 0.15) is 10.6 Å². The number of phenolic OH excluding ortho intramolecular Hbond substituents is 1. The van der Waals surface area contributed by atoms with Gasteiger partial charge in [-0.05, 0) is 73.7 Å². The molecule has 0 saturated heterocycles. The normalized spacial score (nSPS) is 13.3. The standard InChI is InChI=1S/C25H20BrClN4O3S2/c26-15-5-10-19(32)14(11-15)12-28-30-21(33)13-35-25-29-23-22(18-3-1-2-4-20(18)36-23)24(34)31(25)17-8-6-16(27)7-9-17/h5-12,32H,1-4,13H2,(H,30,33). The predicted octanol–water partition coefficient (Wildman–Crippen LogP) is 5.69. The van der Waals surface area contributed by atoms with Crippen LogP contribution >= 0.6 is 50.6 Å². The molecule has 0 unspecified atom stereocenters. The molecule has 4 aromatic rings. The summed E-state index contributed by atoms with van der Waals surface area (Å²) in [5.74, 6) is -0.319. The molecule has 36 heavy (non-hydrogen) atoms.